The molecule has 1 aromatic heterocycles. The van der Waals surface area contributed by atoms with Crippen LogP contribution in [0, 0.1) is 11.8 Å². The number of fused-ring (bicyclic) bond motifs is 1. The molecule has 0 spiro atoms. The first-order chi connectivity index (χ1) is 10.5. The molecule has 0 amide bonds. The summed E-state index contributed by atoms with van der Waals surface area (Å²) >= 11 is 0. The van der Waals surface area contributed by atoms with Crippen LogP contribution in [-0.4, -0.2) is 47.0 Å². The zero-order valence-corrected chi connectivity index (χ0v) is 12.2. The second kappa shape index (κ2) is 5.48. The summed E-state index contributed by atoms with van der Waals surface area (Å²) in [5.41, 5.74) is 5.69. The largest absolute Gasteiger partial charge is 0.466 e. The summed E-state index contributed by atoms with van der Waals surface area (Å²) in [5.74, 6) is 0.329. The molecule has 1 aromatic rings. The molecule has 0 saturated heterocycles. The predicted octanol–water partition coefficient (Wildman–Crippen LogP) is -0.898. The summed E-state index contributed by atoms with van der Waals surface area (Å²) in [6, 6.07) is 0.0352. The maximum Gasteiger partial charge on any atom is 0.302 e. The summed E-state index contributed by atoms with van der Waals surface area (Å²) in [6.07, 6.45) is 0.758. The molecule has 2 aliphatic rings. The lowest BCUT2D eigenvalue weighted by molar-refractivity contribution is -0.145. The number of carbonyl (C=O) groups excluding carboxylic acids is 1. The number of nitrogens with two attached hydrogens (primary N) is 1. The molecule has 3 atom stereocenters. The van der Waals surface area contributed by atoms with Crippen molar-refractivity contribution in [1.82, 2.24) is 9.97 Å². The molecular weight excluding hydrogens is 290 g/mol. The van der Waals surface area contributed by atoms with Gasteiger partial charge in [0.15, 0.2) is 5.82 Å². The van der Waals surface area contributed by atoms with Crippen LogP contribution in [0.25, 0.3) is 0 Å². The van der Waals surface area contributed by atoms with Gasteiger partial charge < -0.3 is 25.8 Å². The summed E-state index contributed by atoms with van der Waals surface area (Å²) in [4.78, 5) is 31.3. The quantitative estimate of drug-likeness (QED) is 0.526. The Morgan fingerprint density at radius 3 is 3.05 bits per heavy atom. The molecule has 0 aromatic carbocycles. The topological polar surface area (TPSA) is 134 Å². The molecule has 5 N–H and O–H groups in total. The van der Waals surface area contributed by atoms with E-state index in [1.807, 2.05) is 4.90 Å². The summed E-state index contributed by atoms with van der Waals surface area (Å²) in [6.45, 7) is 2.09. The van der Waals surface area contributed by atoms with Crippen molar-refractivity contribution in [3.63, 3.8) is 0 Å². The van der Waals surface area contributed by atoms with Crippen LogP contribution < -0.4 is 21.5 Å². The number of nitrogens with zero attached hydrogens (tertiary/aromatic N) is 2. The second-order valence-electron chi connectivity index (χ2n) is 5.67. The normalized spacial score (nSPS) is 26.1. The van der Waals surface area contributed by atoms with Crippen LogP contribution in [0.2, 0.25) is 0 Å². The Labute approximate surface area is 126 Å². The summed E-state index contributed by atoms with van der Waals surface area (Å²) in [7, 11) is 0. The first-order valence-electron chi connectivity index (χ1n) is 7.15. The van der Waals surface area contributed by atoms with Gasteiger partial charge in [-0.25, -0.2) is 0 Å². The van der Waals surface area contributed by atoms with E-state index in [0.29, 0.717) is 24.8 Å². The Morgan fingerprint density at radius 2 is 2.36 bits per heavy atom. The number of carbonyl (C=O) groups is 1. The van der Waals surface area contributed by atoms with Crippen molar-refractivity contribution in [2.24, 2.45) is 11.8 Å². The highest BCUT2D eigenvalue weighted by atomic mass is 16.5. The zero-order valence-electron chi connectivity index (χ0n) is 12.2. The molecule has 1 saturated carbocycles. The van der Waals surface area contributed by atoms with E-state index >= 15 is 0 Å². The molecular formula is C13H19N5O4. The van der Waals surface area contributed by atoms with Crippen molar-refractivity contribution in [3.8, 4) is 0 Å². The van der Waals surface area contributed by atoms with Gasteiger partial charge in [-0.05, 0) is 6.42 Å². The lowest BCUT2D eigenvalue weighted by Gasteiger charge is -2.48. The van der Waals surface area contributed by atoms with Crippen LogP contribution in [0.5, 0.6) is 0 Å². The van der Waals surface area contributed by atoms with Gasteiger partial charge in [-0.1, -0.05) is 0 Å². The SMILES string of the molecule is CC(=O)OCC1CC(N2CNc3c2nc(N)[nH]c3=O)C1CO. The molecule has 3 unspecified atom stereocenters. The number of aliphatic hydroxyl groups is 1. The lowest BCUT2D eigenvalue weighted by atomic mass is 9.69. The van der Waals surface area contributed by atoms with Gasteiger partial charge in [-0.2, -0.15) is 4.98 Å². The molecule has 1 aliphatic heterocycles. The van der Waals surface area contributed by atoms with Crippen molar-refractivity contribution in [2.75, 3.05) is 35.8 Å². The molecule has 2 heterocycles. The third-order valence-electron chi connectivity index (χ3n) is 4.37. The van der Waals surface area contributed by atoms with E-state index in [1.54, 1.807) is 0 Å². The highest BCUT2D eigenvalue weighted by Crippen LogP contribution is 2.42. The van der Waals surface area contributed by atoms with Crippen LogP contribution >= 0.6 is 0 Å². The smallest absolute Gasteiger partial charge is 0.302 e. The Morgan fingerprint density at radius 1 is 1.59 bits per heavy atom. The molecule has 9 heteroatoms. The van der Waals surface area contributed by atoms with E-state index in [0.717, 1.165) is 6.42 Å². The Hall–Kier alpha value is -2.29. The fraction of sp³-hybridized carbons (Fsp3) is 0.615. The van der Waals surface area contributed by atoms with Crippen LogP contribution in [0.15, 0.2) is 4.79 Å². The molecule has 9 nitrogen and oxygen atoms in total. The Balaban J connectivity index is 1.75. The maximum atomic E-state index is 11.8. The monoisotopic (exact) mass is 309 g/mol. The van der Waals surface area contributed by atoms with Crippen LogP contribution in [0.3, 0.4) is 0 Å². The van der Waals surface area contributed by atoms with Crippen molar-refractivity contribution in [2.45, 2.75) is 19.4 Å². The van der Waals surface area contributed by atoms with E-state index in [-0.39, 0.29) is 42.0 Å². The minimum Gasteiger partial charge on any atom is -0.466 e. The third kappa shape index (κ3) is 2.37. The van der Waals surface area contributed by atoms with E-state index < -0.39 is 0 Å². The van der Waals surface area contributed by atoms with Crippen LogP contribution in [0.4, 0.5) is 17.5 Å². The number of aliphatic hydroxyl groups excluding tert-OH is 1. The highest BCUT2D eigenvalue weighted by Gasteiger charge is 2.46. The number of hydrogen-bond donors (Lipinski definition) is 4. The van der Waals surface area contributed by atoms with E-state index in [2.05, 4.69) is 15.3 Å². The van der Waals surface area contributed by atoms with Gasteiger partial charge in [0.1, 0.15) is 5.69 Å². The molecule has 1 aliphatic carbocycles. The second-order valence-corrected chi connectivity index (χ2v) is 5.67. The number of rotatable bonds is 4. The van der Waals surface area contributed by atoms with E-state index in [1.165, 1.54) is 6.92 Å². The van der Waals surface area contributed by atoms with Gasteiger partial charge in [-0.15, -0.1) is 0 Å². The average molecular weight is 309 g/mol. The minimum atomic E-state index is -0.325. The number of aromatic nitrogens is 2. The summed E-state index contributed by atoms with van der Waals surface area (Å²) in [5, 5.41) is 12.6. The van der Waals surface area contributed by atoms with Gasteiger partial charge in [0.05, 0.1) is 13.3 Å². The number of hydrogen-bond acceptors (Lipinski definition) is 8. The van der Waals surface area contributed by atoms with E-state index in [4.69, 9.17) is 10.5 Å². The van der Waals surface area contributed by atoms with Gasteiger partial charge in [0, 0.05) is 31.4 Å². The van der Waals surface area contributed by atoms with Crippen LogP contribution in [0.1, 0.15) is 13.3 Å². The molecule has 120 valence electrons. The fourth-order valence-electron chi connectivity index (χ4n) is 3.18. The number of H-pyrrole nitrogens is 1. The van der Waals surface area contributed by atoms with Crippen molar-refractivity contribution < 1.29 is 14.6 Å². The molecule has 0 radical (unpaired) electrons. The average Bonchev–Trinajstić information content (AvgIpc) is 2.81. The Kier molecular flexibility index (Phi) is 3.65. The fourth-order valence-corrected chi connectivity index (χ4v) is 3.18. The minimum absolute atomic E-state index is 0.0128. The van der Waals surface area contributed by atoms with Crippen LogP contribution in [-0.2, 0) is 9.53 Å². The number of ether oxygens (including phenoxy) is 1. The Bertz CT molecular complexity index is 646. The van der Waals surface area contributed by atoms with Crippen molar-refractivity contribution in [1.29, 1.82) is 0 Å². The number of nitrogen functional groups attached to an aromatic ring is 1. The van der Waals surface area contributed by atoms with Gasteiger partial charge in [-0.3, -0.25) is 14.6 Å². The van der Waals surface area contributed by atoms with Gasteiger partial charge in [0.25, 0.3) is 5.56 Å². The van der Waals surface area contributed by atoms with Crippen molar-refractivity contribution in [3.05, 3.63) is 10.4 Å². The standard InChI is InChI=1S/C13H19N5O4/c1-6(20)22-4-7-2-9(8(7)3-19)18-5-15-10-11(18)16-13(14)17-12(10)21/h7-9,15,19H,2-5H2,1H3,(H3,14,16,17,21). The molecule has 3 rings (SSSR count). The highest BCUT2D eigenvalue weighted by molar-refractivity contribution is 5.71. The maximum absolute atomic E-state index is 11.8. The predicted molar refractivity (Wildman–Crippen MR) is 79.3 cm³/mol. The van der Waals surface area contributed by atoms with Gasteiger partial charge >= 0.3 is 5.97 Å². The number of anilines is 3. The first-order valence-corrected chi connectivity index (χ1v) is 7.15. The number of aromatic amines is 1. The number of esters is 1. The third-order valence-corrected chi connectivity index (χ3v) is 4.37. The molecule has 1 fully saturated rings. The number of nitrogens with one attached hydrogen (secondary N) is 2. The zero-order chi connectivity index (χ0) is 15.9. The molecule has 0 bridgehead atoms. The van der Waals surface area contributed by atoms with Gasteiger partial charge in [0.2, 0.25) is 5.95 Å². The summed E-state index contributed by atoms with van der Waals surface area (Å²) < 4.78 is 5.02. The molecule has 22 heavy (non-hydrogen) atoms. The lowest BCUT2D eigenvalue weighted by Crippen LogP contribution is -2.55. The first kappa shape index (κ1) is 14.6. The van der Waals surface area contributed by atoms with E-state index in [9.17, 15) is 14.7 Å². The van der Waals surface area contributed by atoms with Crippen molar-refractivity contribution >= 4 is 23.4 Å².